The predicted octanol–water partition coefficient (Wildman–Crippen LogP) is 2.39. The standard InChI is InChI=1S/C17H21N3O3/c1-11-9-12(2)20(19-11)13(3)10-15(21)18-16(17(22)23)14-7-5-4-6-8-14/h4-9,13,16H,10H2,1-3H3,(H,18,21)(H,22,23). The van der Waals surface area contributed by atoms with Gasteiger partial charge in [0.1, 0.15) is 0 Å². The van der Waals surface area contributed by atoms with E-state index in [9.17, 15) is 14.7 Å². The van der Waals surface area contributed by atoms with Crippen molar-refractivity contribution in [2.75, 3.05) is 0 Å². The van der Waals surface area contributed by atoms with Crippen molar-refractivity contribution >= 4 is 11.9 Å². The Labute approximate surface area is 135 Å². The van der Waals surface area contributed by atoms with E-state index >= 15 is 0 Å². The molecule has 122 valence electrons. The highest BCUT2D eigenvalue weighted by molar-refractivity contribution is 5.84. The molecule has 0 spiro atoms. The maximum absolute atomic E-state index is 12.2. The molecule has 1 aromatic carbocycles. The molecule has 0 aliphatic carbocycles. The molecule has 1 amide bonds. The molecule has 0 aliphatic rings. The first-order valence-electron chi connectivity index (χ1n) is 7.48. The first-order valence-corrected chi connectivity index (χ1v) is 7.48. The summed E-state index contributed by atoms with van der Waals surface area (Å²) in [4.78, 5) is 23.6. The lowest BCUT2D eigenvalue weighted by Crippen LogP contribution is -2.34. The summed E-state index contributed by atoms with van der Waals surface area (Å²) in [6, 6.07) is 9.41. The molecule has 0 saturated heterocycles. The summed E-state index contributed by atoms with van der Waals surface area (Å²) in [5.41, 5.74) is 2.41. The van der Waals surface area contributed by atoms with Crippen molar-refractivity contribution < 1.29 is 14.7 Å². The van der Waals surface area contributed by atoms with E-state index in [1.165, 1.54) is 0 Å². The molecule has 2 rings (SSSR count). The van der Waals surface area contributed by atoms with Crippen LogP contribution in [0.2, 0.25) is 0 Å². The number of rotatable bonds is 6. The highest BCUT2D eigenvalue weighted by Gasteiger charge is 2.23. The normalized spacial score (nSPS) is 13.3. The van der Waals surface area contributed by atoms with Gasteiger partial charge in [0.2, 0.25) is 5.91 Å². The van der Waals surface area contributed by atoms with Gasteiger partial charge in [0.05, 0.1) is 11.7 Å². The van der Waals surface area contributed by atoms with E-state index in [2.05, 4.69) is 10.4 Å². The third-order valence-corrected chi connectivity index (χ3v) is 3.63. The first-order chi connectivity index (χ1) is 10.9. The second kappa shape index (κ2) is 7.09. The third kappa shape index (κ3) is 4.18. The van der Waals surface area contributed by atoms with Gasteiger partial charge in [-0.25, -0.2) is 4.79 Å². The van der Waals surface area contributed by atoms with Crippen molar-refractivity contribution in [3.05, 3.63) is 53.3 Å². The maximum atomic E-state index is 12.2. The van der Waals surface area contributed by atoms with Gasteiger partial charge in [-0.2, -0.15) is 5.10 Å². The van der Waals surface area contributed by atoms with E-state index in [0.29, 0.717) is 5.56 Å². The zero-order chi connectivity index (χ0) is 17.0. The van der Waals surface area contributed by atoms with Crippen molar-refractivity contribution in [3.63, 3.8) is 0 Å². The second-order valence-corrected chi connectivity index (χ2v) is 5.67. The third-order valence-electron chi connectivity index (χ3n) is 3.63. The lowest BCUT2D eigenvalue weighted by molar-refractivity contribution is -0.142. The Morgan fingerprint density at radius 1 is 1.26 bits per heavy atom. The molecule has 0 bridgehead atoms. The summed E-state index contributed by atoms with van der Waals surface area (Å²) in [5, 5.41) is 16.3. The van der Waals surface area contributed by atoms with E-state index in [1.54, 1.807) is 35.0 Å². The van der Waals surface area contributed by atoms with E-state index in [0.717, 1.165) is 11.4 Å². The summed E-state index contributed by atoms with van der Waals surface area (Å²) in [7, 11) is 0. The Morgan fingerprint density at radius 2 is 1.91 bits per heavy atom. The number of aryl methyl sites for hydroxylation is 2. The Hall–Kier alpha value is -2.63. The highest BCUT2D eigenvalue weighted by Crippen LogP contribution is 2.17. The average molecular weight is 315 g/mol. The number of hydrogen-bond donors (Lipinski definition) is 2. The van der Waals surface area contributed by atoms with Gasteiger partial charge in [0.15, 0.2) is 6.04 Å². The fraction of sp³-hybridized carbons (Fsp3) is 0.353. The van der Waals surface area contributed by atoms with Gasteiger partial charge >= 0.3 is 5.97 Å². The zero-order valence-corrected chi connectivity index (χ0v) is 13.5. The Morgan fingerprint density at radius 3 is 2.43 bits per heavy atom. The van der Waals surface area contributed by atoms with Crippen molar-refractivity contribution in [3.8, 4) is 0 Å². The van der Waals surface area contributed by atoms with Crippen molar-refractivity contribution in [1.29, 1.82) is 0 Å². The van der Waals surface area contributed by atoms with Gasteiger partial charge in [0, 0.05) is 12.1 Å². The van der Waals surface area contributed by atoms with Crippen LogP contribution in [0.4, 0.5) is 0 Å². The number of nitrogens with one attached hydrogen (secondary N) is 1. The molecule has 0 radical (unpaired) electrons. The van der Waals surface area contributed by atoms with Gasteiger partial charge in [-0.3, -0.25) is 9.48 Å². The number of amides is 1. The van der Waals surface area contributed by atoms with E-state index < -0.39 is 12.0 Å². The van der Waals surface area contributed by atoms with Gasteiger partial charge in [-0.1, -0.05) is 30.3 Å². The lowest BCUT2D eigenvalue weighted by Gasteiger charge is -2.18. The monoisotopic (exact) mass is 315 g/mol. The number of carbonyl (C=O) groups excluding carboxylic acids is 1. The number of nitrogens with zero attached hydrogens (tertiary/aromatic N) is 2. The molecular weight excluding hydrogens is 294 g/mol. The van der Waals surface area contributed by atoms with Crippen LogP contribution in [0.15, 0.2) is 36.4 Å². The van der Waals surface area contributed by atoms with Crippen LogP contribution in [0, 0.1) is 13.8 Å². The van der Waals surface area contributed by atoms with Crippen LogP contribution in [0.1, 0.15) is 42.4 Å². The molecule has 0 aliphatic heterocycles. The maximum Gasteiger partial charge on any atom is 0.330 e. The van der Waals surface area contributed by atoms with Crippen LogP contribution >= 0.6 is 0 Å². The average Bonchev–Trinajstić information content (AvgIpc) is 2.84. The van der Waals surface area contributed by atoms with Gasteiger partial charge in [0.25, 0.3) is 0 Å². The highest BCUT2D eigenvalue weighted by atomic mass is 16.4. The Bertz CT molecular complexity index is 694. The van der Waals surface area contributed by atoms with Crippen LogP contribution in [0.3, 0.4) is 0 Å². The molecule has 1 aromatic heterocycles. The molecule has 23 heavy (non-hydrogen) atoms. The zero-order valence-electron chi connectivity index (χ0n) is 13.5. The number of carboxylic acids is 1. The first kappa shape index (κ1) is 16.7. The summed E-state index contributed by atoms with van der Waals surface area (Å²) < 4.78 is 1.78. The number of carbonyl (C=O) groups is 2. The summed E-state index contributed by atoms with van der Waals surface area (Å²) in [5.74, 6) is -1.40. The van der Waals surface area contributed by atoms with E-state index in [4.69, 9.17) is 0 Å². The lowest BCUT2D eigenvalue weighted by atomic mass is 10.1. The number of aromatic nitrogens is 2. The molecule has 6 nitrogen and oxygen atoms in total. The Kier molecular flexibility index (Phi) is 5.16. The van der Waals surface area contributed by atoms with Crippen molar-refractivity contribution in [1.82, 2.24) is 15.1 Å². The van der Waals surface area contributed by atoms with Crippen LogP contribution in [-0.4, -0.2) is 26.8 Å². The number of benzene rings is 1. The smallest absolute Gasteiger partial charge is 0.330 e. The largest absolute Gasteiger partial charge is 0.479 e. The van der Waals surface area contributed by atoms with Crippen LogP contribution in [-0.2, 0) is 9.59 Å². The molecule has 2 unspecified atom stereocenters. The van der Waals surface area contributed by atoms with Gasteiger partial charge in [-0.05, 0) is 32.4 Å². The molecule has 0 fully saturated rings. The minimum Gasteiger partial charge on any atom is -0.479 e. The second-order valence-electron chi connectivity index (χ2n) is 5.67. The summed E-state index contributed by atoms with van der Waals surface area (Å²) in [6.45, 7) is 5.71. The fourth-order valence-corrected chi connectivity index (χ4v) is 2.60. The Balaban J connectivity index is 2.05. The molecule has 2 N–H and O–H groups in total. The molecule has 1 heterocycles. The molecule has 6 heteroatoms. The topological polar surface area (TPSA) is 84.2 Å². The van der Waals surface area contributed by atoms with Crippen LogP contribution in [0.25, 0.3) is 0 Å². The predicted molar refractivity (Wildman–Crippen MR) is 86.0 cm³/mol. The van der Waals surface area contributed by atoms with Gasteiger partial charge < -0.3 is 10.4 Å². The fourth-order valence-electron chi connectivity index (χ4n) is 2.60. The van der Waals surface area contributed by atoms with E-state index in [-0.39, 0.29) is 18.4 Å². The van der Waals surface area contributed by atoms with Crippen molar-refractivity contribution in [2.24, 2.45) is 0 Å². The molecular formula is C17H21N3O3. The number of carboxylic acid groups (broad SMARTS) is 1. The SMILES string of the molecule is Cc1cc(C)n(C(C)CC(=O)NC(C(=O)O)c2ccccc2)n1. The quantitative estimate of drug-likeness (QED) is 0.857. The molecule has 2 atom stereocenters. The minimum atomic E-state index is -1.08. The summed E-state index contributed by atoms with van der Waals surface area (Å²) in [6.07, 6.45) is 0.165. The number of hydrogen-bond acceptors (Lipinski definition) is 3. The van der Waals surface area contributed by atoms with Gasteiger partial charge in [-0.15, -0.1) is 0 Å². The van der Waals surface area contributed by atoms with Crippen LogP contribution < -0.4 is 5.32 Å². The van der Waals surface area contributed by atoms with Crippen molar-refractivity contribution in [2.45, 2.75) is 39.3 Å². The van der Waals surface area contributed by atoms with E-state index in [1.807, 2.05) is 26.8 Å². The minimum absolute atomic E-state index is 0.145. The number of aliphatic carboxylic acids is 1. The molecule has 2 aromatic rings. The van der Waals surface area contributed by atoms with Crippen LogP contribution in [0.5, 0.6) is 0 Å². The summed E-state index contributed by atoms with van der Waals surface area (Å²) >= 11 is 0. The molecule has 0 saturated carbocycles.